The maximum absolute atomic E-state index is 5.63. The molecule has 9 aromatic rings. The molecule has 62 heavy (non-hydrogen) atoms. The largest absolute Gasteiger partial charge is 0.247 e. The first kappa shape index (κ1) is 37.9. The first-order valence-electron chi connectivity index (χ1n) is 22.0. The number of pyridine rings is 1. The van der Waals surface area contributed by atoms with Gasteiger partial charge in [-0.3, -0.25) is 0 Å². The van der Waals surface area contributed by atoms with Crippen molar-refractivity contribution in [2.24, 2.45) is 0 Å². The molecule has 0 radical (unpaired) electrons. The third-order valence-electron chi connectivity index (χ3n) is 14.1. The van der Waals surface area contributed by atoms with Gasteiger partial charge in [0.2, 0.25) is 0 Å². The number of allylic oxidation sites excluding steroid dienone is 2. The summed E-state index contributed by atoms with van der Waals surface area (Å²) in [5.41, 5.74) is 23.1. The molecule has 0 amide bonds. The fourth-order valence-electron chi connectivity index (χ4n) is 10.6. The number of aromatic nitrogens is 1. The number of hydrogen-bond donors (Lipinski definition) is 0. The van der Waals surface area contributed by atoms with E-state index in [-0.39, 0.29) is 10.8 Å². The van der Waals surface area contributed by atoms with Crippen LogP contribution in [0.3, 0.4) is 0 Å². The minimum absolute atomic E-state index is 0.109. The summed E-state index contributed by atoms with van der Waals surface area (Å²) in [7, 11) is 0. The van der Waals surface area contributed by atoms with Crippen LogP contribution >= 0.6 is 0 Å². The van der Waals surface area contributed by atoms with Crippen LogP contribution in [-0.2, 0) is 17.3 Å². The molecule has 0 saturated heterocycles. The van der Waals surface area contributed by atoms with Gasteiger partial charge in [0, 0.05) is 27.2 Å². The van der Waals surface area contributed by atoms with Gasteiger partial charge in [-0.25, -0.2) is 4.98 Å². The van der Waals surface area contributed by atoms with E-state index in [1.807, 2.05) is 0 Å². The molecule has 0 spiro atoms. The first-order valence-corrected chi connectivity index (χ1v) is 22.0. The Morgan fingerprint density at radius 1 is 0.484 bits per heavy atom. The van der Waals surface area contributed by atoms with E-state index in [0.717, 1.165) is 45.1 Å². The summed E-state index contributed by atoms with van der Waals surface area (Å²) in [6.07, 6.45) is 5.33. The maximum atomic E-state index is 5.63. The molecule has 0 atom stereocenters. The molecule has 11 rings (SSSR count). The summed E-state index contributed by atoms with van der Waals surface area (Å²) in [5.74, 6) is 0. The first-order chi connectivity index (χ1) is 30.1. The fraction of sp³-hybridized carbons (Fsp3) is 0.131. The monoisotopic (exact) mass is 795 g/mol. The summed E-state index contributed by atoms with van der Waals surface area (Å²) in [6, 6.07) is 63.0. The molecule has 1 aromatic heterocycles. The Hall–Kier alpha value is -7.09. The van der Waals surface area contributed by atoms with E-state index in [4.69, 9.17) is 4.98 Å². The van der Waals surface area contributed by atoms with Crippen molar-refractivity contribution in [3.05, 3.63) is 221 Å². The van der Waals surface area contributed by atoms with Crippen LogP contribution in [0.4, 0.5) is 0 Å². The predicted octanol–water partition coefficient (Wildman–Crippen LogP) is 16.3. The summed E-state index contributed by atoms with van der Waals surface area (Å²) in [5, 5.41) is 3.49. The van der Waals surface area contributed by atoms with Gasteiger partial charge in [-0.15, -0.1) is 0 Å². The minimum atomic E-state index is -0.119. The highest BCUT2D eigenvalue weighted by atomic mass is 14.7. The lowest BCUT2D eigenvalue weighted by atomic mass is 9.81. The molecule has 0 unspecified atom stereocenters. The van der Waals surface area contributed by atoms with E-state index >= 15 is 0 Å². The van der Waals surface area contributed by atoms with E-state index in [1.54, 1.807) is 0 Å². The number of nitrogens with zero attached hydrogens (tertiary/aromatic N) is 1. The molecule has 8 aromatic carbocycles. The van der Waals surface area contributed by atoms with Crippen LogP contribution in [0.1, 0.15) is 73.6 Å². The standard InChI is InChI=1S/C61H49N/c1-7-39-16-8-9-17-41(39)25-24-38(2)40-26-28-42(29-27-40)51-36-53-52(43-30-32-48-46-19-12-14-22-54(46)60(3,4)56(48)34-43)37-58(62-59(53)50-21-11-10-18-45(50)51)44-31-33-49-47-20-13-15-23-55(47)61(5,6)57(49)35-44/h8-37H,2,7H2,1,3-6H3/b25-24-. The van der Waals surface area contributed by atoms with Crippen LogP contribution in [0.2, 0.25) is 0 Å². The third-order valence-corrected chi connectivity index (χ3v) is 14.1. The van der Waals surface area contributed by atoms with Crippen molar-refractivity contribution in [1.82, 2.24) is 4.98 Å². The Bertz CT molecular complexity index is 3340. The van der Waals surface area contributed by atoms with Gasteiger partial charge in [0.1, 0.15) is 0 Å². The smallest absolute Gasteiger partial charge is 0.0794 e. The zero-order chi connectivity index (χ0) is 42.3. The fourth-order valence-corrected chi connectivity index (χ4v) is 10.6. The average Bonchev–Trinajstić information content (AvgIpc) is 3.69. The molecular weight excluding hydrogens is 747 g/mol. The molecule has 0 aliphatic heterocycles. The highest BCUT2D eigenvalue weighted by molar-refractivity contribution is 6.16. The predicted molar refractivity (Wildman–Crippen MR) is 265 cm³/mol. The van der Waals surface area contributed by atoms with Gasteiger partial charge in [-0.05, 0) is 125 Å². The van der Waals surface area contributed by atoms with Crippen molar-refractivity contribution in [1.29, 1.82) is 0 Å². The topological polar surface area (TPSA) is 12.9 Å². The van der Waals surface area contributed by atoms with Crippen LogP contribution < -0.4 is 0 Å². The molecule has 0 bridgehead atoms. The lowest BCUT2D eigenvalue weighted by molar-refractivity contribution is 0.660. The highest BCUT2D eigenvalue weighted by Gasteiger charge is 2.37. The Balaban J connectivity index is 1.09. The third kappa shape index (κ3) is 5.87. The molecule has 0 N–H and O–H groups in total. The van der Waals surface area contributed by atoms with E-state index in [9.17, 15) is 0 Å². The summed E-state index contributed by atoms with van der Waals surface area (Å²) < 4.78 is 0. The number of hydrogen-bond acceptors (Lipinski definition) is 1. The number of fused-ring (bicyclic) bond motifs is 9. The molecule has 0 fully saturated rings. The lowest BCUT2D eigenvalue weighted by Gasteiger charge is -2.23. The molecule has 1 nitrogen and oxygen atoms in total. The van der Waals surface area contributed by atoms with Crippen molar-refractivity contribution < 1.29 is 0 Å². The van der Waals surface area contributed by atoms with Crippen LogP contribution in [0.5, 0.6) is 0 Å². The second-order valence-electron chi connectivity index (χ2n) is 18.3. The van der Waals surface area contributed by atoms with Gasteiger partial charge in [0.25, 0.3) is 0 Å². The van der Waals surface area contributed by atoms with E-state index in [0.29, 0.717) is 0 Å². The Morgan fingerprint density at radius 3 is 1.69 bits per heavy atom. The van der Waals surface area contributed by atoms with Gasteiger partial charge < -0.3 is 0 Å². The number of benzene rings is 8. The Labute approximate surface area is 365 Å². The summed E-state index contributed by atoms with van der Waals surface area (Å²) in [6.45, 7) is 16.1. The number of rotatable bonds is 7. The zero-order valence-electron chi connectivity index (χ0n) is 36.2. The van der Waals surface area contributed by atoms with Crippen molar-refractivity contribution in [2.75, 3.05) is 0 Å². The van der Waals surface area contributed by atoms with Crippen molar-refractivity contribution in [2.45, 2.75) is 51.9 Å². The SMILES string of the molecule is C=C(/C=C\c1ccccc1CC)c1ccc(-c2cc3c(-c4ccc5c(c4)C(C)(C)c4ccccc4-5)cc(-c4ccc5c(c4)C(C)(C)c4ccccc4-5)nc3c3ccccc23)cc1. The lowest BCUT2D eigenvalue weighted by Crippen LogP contribution is -2.15. The van der Waals surface area contributed by atoms with Crippen LogP contribution in [-0.4, -0.2) is 4.98 Å². The molecule has 298 valence electrons. The Morgan fingerprint density at radius 2 is 1.02 bits per heavy atom. The van der Waals surface area contributed by atoms with E-state index in [2.05, 4.69) is 223 Å². The van der Waals surface area contributed by atoms with Gasteiger partial charge in [-0.2, -0.15) is 0 Å². The van der Waals surface area contributed by atoms with Gasteiger partial charge in [-0.1, -0.05) is 199 Å². The molecule has 0 saturated carbocycles. The summed E-state index contributed by atoms with van der Waals surface area (Å²) in [4.78, 5) is 5.63. The van der Waals surface area contributed by atoms with E-state index in [1.165, 1.54) is 83.3 Å². The zero-order valence-corrected chi connectivity index (χ0v) is 36.2. The van der Waals surface area contributed by atoms with Crippen LogP contribution in [0, 0.1) is 0 Å². The maximum Gasteiger partial charge on any atom is 0.0794 e. The van der Waals surface area contributed by atoms with E-state index < -0.39 is 0 Å². The molecular formula is C61H49N. The van der Waals surface area contributed by atoms with Crippen LogP contribution in [0.15, 0.2) is 183 Å². The van der Waals surface area contributed by atoms with Gasteiger partial charge >= 0.3 is 0 Å². The number of aryl methyl sites for hydroxylation is 1. The molecule has 1 heteroatoms. The highest BCUT2D eigenvalue weighted by Crippen LogP contribution is 2.52. The molecule has 2 aliphatic carbocycles. The molecule has 2 aliphatic rings. The quantitative estimate of drug-likeness (QED) is 0.116. The van der Waals surface area contributed by atoms with Crippen molar-refractivity contribution in [3.8, 4) is 55.8 Å². The molecule has 1 heterocycles. The second kappa shape index (κ2) is 14.3. The van der Waals surface area contributed by atoms with Crippen molar-refractivity contribution in [3.63, 3.8) is 0 Å². The van der Waals surface area contributed by atoms with Gasteiger partial charge in [0.15, 0.2) is 0 Å². The minimum Gasteiger partial charge on any atom is -0.247 e. The van der Waals surface area contributed by atoms with Gasteiger partial charge in [0.05, 0.1) is 11.2 Å². The Kier molecular flexibility index (Phi) is 8.71. The van der Waals surface area contributed by atoms with Crippen molar-refractivity contribution >= 4 is 33.3 Å². The second-order valence-corrected chi connectivity index (χ2v) is 18.3. The normalized spacial score (nSPS) is 14.2. The summed E-state index contributed by atoms with van der Waals surface area (Å²) >= 11 is 0. The average molecular weight is 796 g/mol. The van der Waals surface area contributed by atoms with Crippen LogP contribution in [0.25, 0.3) is 89.1 Å².